The molecule has 4 heterocycles. The van der Waals surface area contributed by atoms with Crippen LogP contribution in [0.3, 0.4) is 0 Å². The van der Waals surface area contributed by atoms with Gasteiger partial charge in [0.25, 0.3) is 0 Å². The van der Waals surface area contributed by atoms with E-state index in [0.29, 0.717) is 17.5 Å². The fraction of sp³-hybridized carbons (Fsp3) is 0. The van der Waals surface area contributed by atoms with Crippen LogP contribution in [-0.2, 0) is 0 Å². The normalized spacial score (nSPS) is 11.9. The first kappa shape index (κ1) is 31.5. The van der Waals surface area contributed by atoms with Gasteiger partial charge in [0, 0.05) is 49.0 Å². The van der Waals surface area contributed by atoms with Crippen LogP contribution < -0.4 is 0 Å². The molecule has 6 heteroatoms. The minimum absolute atomic E-state index is 0.545. The summed E-state index contributed by atoms with van der Waals surface area (Å²) < 4.78 is 9.39. The second kappa shape index (κ2) is 12.3. The minimum atomic E-state index is 0.545. The Morgan fingerprint density at radius 3 is 1.81 bits per heavy atom. The summed E-state index contributed by atoms with van der Waals surface area (Å²) in [6.07, 6.45) is 0. The average molecular weight is 730 g/mol. The maximum absolute atomic E-state index is 7.06. The highest BCUT2D eigenvalue weighted by Gasteiger charge is 2.22. The highest BCUT2D eigenvalue weighted by atomic mass is 16.3. The van der Waals surface area contributed by atoms with Crippen molar-refractivity contribution in [2.45, 2.75) is 0 Å². The maximum atomic E-state index is 7.06. The van der Waals surface area contributed by atoms with Crippen molar-refractivity contribution in [3.8, 4) is 51.0 Å². The average Bonchev–Trinajstić information content (AvgIpc) is 3.96. The van der Waals surface area contributed by atoms with Crippen molar-refractivity contribution in [2.75, 3.05) is 0 Å². The maximum Gasteiger partial charge on any atom is 0.167 e. The SMILES string of the molecule is c1ccc(-c2ccc3c(c2)c2ccccc2n3-c2cccc3c2oc2c(-c4nc(-c5ccccc5)nc(-c5cccc6c5[nH]c5ccccc56)n4)cccc23)cc1. The molecule has 0 spiro atoms. The molecule has 0 fully saturated rings. The molecular formula is C51H31N5O. The molecule has 0 atom stereocenters. The van der Waals surface area contributed by atoms with E-state index in [1.54, 1.807) is 0 Å². The molecule has 12 rings (SSSR count). The number of aromatic nitrogens is 5. The zero-order valence-electron chi connectivity index (χ0n) is 30.5. The third-order valence-electron chi connectivity index (χ3n) is 11.2. The van der Waals surface area contributed by atoms with E-state index in [1.807, 2.05) is 42.5 Å². The first-order chi connectivity index (χ1) is 28.3. The molecule has 0 amide bonds. The highest BCUT2D eigenvalue weighted by Crippen LogP contribution is 2.42. The number of nitrogens with zero attached hydrogens (tertiary/aromatic N) is 4. The molecule has 8 aromatic carbocycles. The van der Waals surface area contributed by atoms with Gasteiger partial charge in [0.2, 0.25) is 0 Å². The first-order valence-corrected chi connectivity index (χ1v) is 19.1. The molecule has 0 unspecified atom stereocenters. The Hall–Kier alpha value is -7.83. The van der Waals surface area contributed by atoms with Gasteiger partial charge in [-0.15, -0.1) is 0 Å². The van der Waals surface area contributed by atoms with E-state index in [-0.39, 0.29) is 0 Å². The lowest BCUT2D eigenvalue weighted by molar-refractivity contribution is 0.667. The van der Waals surface area contributed by atoms with Crippen LogP contribution in [-0.4, -0.2) is 24.5 Å². The Kier molecular flexibility index (Phi) is 6.83. The first-order valence-electron chi connectivity index (χ1n) is 19.1. The molecule has 1 N–H and O–H groups in total. The van der Waals surface area contributed by atoms with Crippen LogP contribution in [0.25, 0.3) is 117 Å². The number of fused-ring (bicyclic) bond motifs is 9. The van der Waals surface area contributed by atoms with Gasteiger partial charge in [0.1, 0.15) is 5.58 Å². The largest absolute Gasteiger partial charge is 0.453 e. The summed E-state index contributed by atoms with van der Waals surface area (Å²) in [5.41, 5.74) is 11.8. The predicted molar refractivity (Wildman–Crippen MR) is 233 cm³/mol. The number of H-pyrrole nitrogens is 1. The van der Waals surface area contributed by atoms with E-state index >= 15 is 0 Å². The summed E-state index contributed by atoms with van der Waals surface area (Å²) >= 11 is 0. The zero-order valence-corrected chi connectivity index (χ0v) is 30.5. The van der Waals surface area contributed by atoms with E-state index < -0.39 is 0 Å². The van der Waals surface area contributed by atoms with Crippen LogP contribution in [0.1, 0.15) is 0 Å². The summed E-state index contributed by atoms with van der Waals surface area (Å²) in [6, 6.07) is 63.3. The number of nitrogens with one attached hydrogen (secondary N) is 1. The molecule has 0 saturated carbocycles. The van der Waals surface area contributed by atoms with Crippen LogP contribution >= 0.6 is 0 Å². The molecule has 0 saturated heterocycles. The van der Waals surface area contributed by atoms with Gasteiger partial charge in [-0.3, -0.25) is 0 Å². The Labute approximate surface area is 326 Å². The third-order valence-corrected chi connectivity index (χ3v) is 11.2. The fourth-order valence-corrected chi connectivity index (χ4v) is 8.59. The van der Waals surface area contributed by atoms with E-state index in [1.165, 1.54) is 21.9 Å². The number of hydrogen-bond donors (Lipinski definition) is 1. The van der Waals surface area contributed by atoms with Gasteiger partial charge < -0.3 is 14.0 Å². The van der Waals surface area contributed by atoms with Gasteiger partial charge in [0.05, 0.1) is 27.8 Å². The van der Waals surface area contributed by atoms with Gasteiger partial charge in [-0.2, -0.15) is 0 Å². The topological polar surface area (TPSA) is 72.5 Å². The Balaban J connectivity index is 1.08. The number of para-hydroxylation sites is 5. The summed E-state index contributed by atoms with van der Waals surface area (Å²) in [5.74, 6) is 1.73. The summed E-state index contributed by atoms with van der Waals surface area (Å²) in [6.45, 7) is 0. The van der Waals surface area contributed by atoms with Gasteiger partial charge in [-0.05, 0) is 53.6 Å². The quantitative estimate of drug-likeness (QED) is 0.191. The molecule has 57 heavy (non-hydrogen) atoms. The van der Waals surface area contributed by atoms with Gasteiger partial charge in [0.15, 0.2) is 23.1 Å². The number of furan rings is 1. The van der Waals surface area contributed by atoms with Gasteiger partial charge in [-0.25, -0.2) is 15.0 Å². The lowest BCUT2D eigenvalue weighted by atomic mass is 10.0. The number of hydrogen-bond acceptors (Lipinski definition) is 4. The smallest absolute Gasteiger partial charge is 0.167 e. The number of aromatic amines is 1. The third kappa shape index (κ3) is 4.87. The van der Waals surface area contributed by atoms with Gasteiger partial charge >= 0.3 is 0 Å². The van der Waals surface area contributed by atoms with Crippen molar-refractivity contribution < 1.29 is 4.42 Å². The minimum Gasteiger partial charge on any atom is -0.453 e. The molecule has 6 nitrogen and oxygen atoms in total. The molecule has 0 aliphatic rings. The second-order valence-electron chi connectivity index (χ2n) is 14.5. The summed E-state index contributed by atoms with van der Waals surface area (Å²) in [4.78, 5) is 19.1. The molecular weight excluding hydrogens is 699 g/mol. The van der Waals surface area contributed by atoms with Crippen molar-refractivity contribution in [1.29, 1.82) is 0 Å². The number of rotatable bonds is 5. The molecule has 266 valence electrons. The Morgan fingerprint density at radius 1 is 0.386 bits per heavy atom. The fourth-order valence-electron chi connectivity index (χ4n) is 8.59. The van der Waals surface area contributed by atoms with E-state index in [4.69, 9.17) is 19.4 Å². The van der Waals surface area contributed by atoms with Crippen LogP contribution in [0.4, 0.5) is 0 Å². The lowest BCUT2D eigenvalue weighted by Crippen LogP contribution is -2.00. The molecule has 0 radical (unpaired) electrons. The lowest BCUT2D eigenvalue weighted by Gasteiger charge is -2.09. The Morgan fingerprint density at radius 2 is 0.982 bits per heavy atom. The molecule has 12 aromatic rings. The van der Waals surface area contributed by atoms with Crippen LogP contribution in [0, 0.1) is 0 Å². The highest BCUT2D eigenvalue weighted by molar-refractivity contribution is 6.15. The Bertz CT molecular complexity index is 3520. The molecule has 0 bridgehead atoms. The van der Waals surface area contributed by atoms with Crippen molar-refractivity contribution in [2.24, 2.45) is 0 Å². The molecule has 0 aliphatic carbocycles. The summed E-state index contributed by atoms with van der Waals surface area (Å²) in [7, 11) is 0. The van der Waals surface area contributed by atoms with E-state index in [9.17, 15) is 0 Å². The monoisotopic (exact) mass is 729 g/mol. The van der Waals surface area contributed by atoms with Crippen molar-refractivity contribution >= 4 is 65.6 Å². The van der Waals surface area contributed by atoms with E-state index in [2.05, 4.69) is 149 Å². The summed E-state index contributed by atoms with van der Waals surface area (Å²) in [5, 5.41) is 6.69. The zero-order chi connectivity index (χ0) is 37.5. The molecule has 0 aliphatic heterocycles. The van der Waals surface area contributed by atoms with Crippen molar-refractivity contribution in [3.05, 3.63) is 182 Å². The second-order valence-corrected chi connectivity index (χ2v) is 14.5. The number of benzene rings is 8. The van der Waals surface area contributed by atoms with Crippen LogP contribution in [0.2, 0.25) is 0 Å². The van der Waals surface area contributed by atoms with Crippen molar-refractivity contribution in [3.63, 3.8) is 0 Å². The predicted octanol–water partition coefficient (Wildman–Crippen LogP) is 13.2. The molecule has 4 aromatic heterocycles. The van der Waals surface area contributed by atoms with Crippen molar-refractivity contribution in [1.82, 2.24) is 24.5 Å². The van der Waals surface area contributed by atoms with Crippen LogP contribution in [0.5, 0.6) is 0 Å². The van der Waals surface area contributed by atoms with Crippen LogP contribution in [0.15, 0.2) is 186 Å². The van der Waals surface area contributed by atoms with Gasteiger partial charge in [-0.1, -0.05) is 140 Å². The van der Waals surface area contributed by atoms with E-state index in [0.717, 1.165) is 77.2 Å². The standard InChI is InChI=1S/C51H31N5O/c1-3-14-31(15-4-1)33-28-29-44-41(30-33)35-19-8-10-26-43(35)56(44)45-27-13-22-38-37-21-12-24-40(47(37)57-48(38)45)51-54-49(32-16-5-2-6-17-32)53-50(55-51)39-23-11-20-36-34-18-7-9-25-42(34)52-46(36)39/h1-30,52H.